The SMILES string of the molecule is CCN(CC)c1cccnc1N1CCN(CC(=O)[C@H]2C(C)C[C@H]3[C@@H]4CCC5=CC(=O)C=C[C@]5(C)C4=CC[C@]23C)CC1. The van der Waals surface area contributed by atoms with Crippen LogP contribution in [0.1, 0.15) is 60.3 Å². The van der Waals surface area contributed by atoms with E-state index in [0.717, 1.165) is 70.8 Å². The maximum Gasteiger partial charge on any atom is 0.178 e. The molecule has 5 aliphatic rings. The van der Waals surface area contributed by atoms with Crippen molar-refractivity contribution in [3.05, 3.63) is 53.8 Å². The second-order valence-corrected chi connectivity index (χ2v) is 13.7. The van der Waals surface area contributed by atoms with Crippen LogP contribution in [-0.2, 0) is 9.59 Å². The van der Waals surface area contributed by atoms with Crippen molar-refractivity contribution in [2.75, 3.05) is 55.6 Å². The van der Waals surface area contributed by atoms with E-state index in [0.29, 0.717) is 30.1 Å². The van der Waals surface area contributed by atoms with Crippen molar-refractivity contribution in [3.8, 4) is 0 Å². The molecule has 1 aromatic heterocycles. The lowest BCUT2D eigenvalue weighted by Crippen LogP contribution is -2.51. The lowest BCUT2D eigenvalue weighted by Gasteiger charge is -2.52. The van der Waals surface area contributed by atoms with Crippen LogP contribution in [0.3, 0.4) is 0 Å². The van der Waals surface area contributed by atoms with Crippen LogP contribution in [0.2, 0.25) is 0 Å². The Hall–Kier alpha value is -2.73. The van der Waals surface area contributed by atoms with E-state index >= 15 is 0 Å². The number of fused-ring (bicyclic) bond motifs is 5. The smallest absolute Gasteiger partial charge is 0.178 e. The topological polar surface area (TPSA) is 56.8 Å². The second-order valence-electron chi connectivity index (χ2n) is 13.7. The van der Waals surface area contributed by atoms with Gasteiger partial charge in [-0.15, -0.1) is 0 Å². The predicted octanol–water partition coefficient (Wildman–Crippen LogP) is 5.71. The summed E-state index contributed by atoms with van der Waals surface area (Å²) in [6.07, 6.45) is 14.4. The quantitative estimate of drug-likeness (QED) is 0.401. The molecular formula is C35H48N4O2. The normalized spacial score (nSPS) is 34.9. The molecule has 0 bridgehead atoms. The molecule has 0 spiro atoms. The molecule has 0 radical (unpaired) electrons. The standard InChI is InChI=1S/C35H48N4O2/c1-6-38(7-2)30-9-8-16-36-33(30)39-19-17-37(18-20-39)23-31(41)32-24(3)21-29-27-11-10-25-22-26(40)12-14-34(25,4)28(27)13-15-35(29,32)5/h8-9,12-14,16,22,24,27,29,32H,6-7,10-11,15,17-21,23H2,1-5H3/t24?,27-,29+,32-,34+,35+/m1/s1. The average Bonchev–Trinajstić information content (AvgIpc) is 3.25. The van der Waals surface area contributed by atoms with Crippen molar-refractivity contribution in [2.45, 2.75) is 60.3 Å². The number of carbonyl (C=O) groups excluding carboxylic acids is 2. The van der Waals surface area contributed by atoms with Crippen molar-refractivity contribution < 1.29 is 9.59 Å². The zero-order valence-electron chi connectivity index (χ0n) is 25.7. The van der Waals surface area contributed by atoms with E-state index in [1.807, 2.05) is 18.3 Å². The Morgan fingerprint density at radius 2 is 1.90 bits per heavy atom. The first-order chi connectivity index (χ1) is 19.7. The van der Waals surface area contributed by atoms with Crippen molar-refractivity contribution in [1.82, 2.24) is 9.88 Å². The van der Waals surface area contributed by atoms with Gasteiger partial charge >= 0.3 is 0 Å². The van der Waals surface area contributed by atoms with Crippen LogP contribution in [0, 0.1) is 34.5 Å². The molecule has 1 aromatic rings. The van der Waals surface area contributed by atoms with Gasteiger partial charge in [0, 0.05) is 56.8 Å². The van der Waals surface area contributed by atoms with Crippen molar-refractivity contribution in [2.24, 2.45) is 34.5 Å². The third-order valence-electron chi connectivity index (χ3n) is 11.6. The van der Waals surface area contributed by atoms with Gasteiger partial charge in [0.05, 0.1) is 12.2 Å². The van der Waals surface area contributed by atoms with E-state index in [9.17, 15) is 9.59 Å². The highest BCUT2D eigenvalue weighted by molar-refractivity contribution is 6.01. The minimum absolute atomic E-state index is 0.0187. The van der Waals surface area contributed by atoms with Crippen LogP contribution >= 0.6 is 0 Å². The molecule has 1 aliphatic heterocycles. The molecule has 3 fully saturated rings. The monoisotopic (exact) mass is 556 g/mol. The first-order valence-electron chi connectivity index (χ1n) is 16.0. The summed E-state index contributed by atoms with van der Waals surface area (Å²) in [5.74, 6) is 3.21. The number of anilines is 2. The summed E-state index contributed by atoms with van der Waals surface area (Å²) in [5.41, 5.74) is 3.90. The minimum atomic E-state index is -0.123. The third-order valence-corrected chi connectivity index (χ3v) is 11.6. The lowest BCUT2D eigenvalue weighted by atomic mass is 9.52. The molecule has 6 heteroatoms. The van der Waals surface area contributed by atoms with Gasteiger partial charge in [-0.1, -0.05) is 37.1 Å². The molecule has 0 amide bonds. The van der Waals surface area contributed by atoms with Gasteiger partial charge in [-0.05, 0) is 93.9 Å². The van der Waals surface area contributed by atoms with Crippen molar-refractivity contribution >= 4 is 23.1 Å². The number of aromatic nitrogens is 1. The Kier molecular flexibility index (Phi) is 7.50. The van der Waals surface area contributed by atoms with Crippen LogP contribution in [0.5, 0.6) is 0 Å². The molecule has 6 rings (SSSR count). The fourth-order valence-electron chi connectivity index (χ4n) is 9.46. The highest BCUT2D eigenvalue weighted by Crippen LogP contribution is 2.65. The molecule has 2 heterocycles. The predicted molar refractivity (Wildman–Crippen MR) is 166 cm³/mol. The second kappa shape index (κ2) is 10.8. The molecule has 41 heavy (non-hydrogen) atoms. The summed E-state index contributed by atoms with van der Waals surface area (Å²) >= 11 is 0. The van der Waals surface area contributed by atoms with Crippen LogP contribution in [0.25, 0.3) is 0 Å². The molecule has 6 nitrogen and oxygen atoms in total. The van der Waals surface area contributed by atoms with E-state index in [4.69, 9.17) is 4.98 Å². The number of hydrogen-bond acceptors (Lipinski definition) is 6. The van der Waals surface area contributed by atoms with Crippen LogP contribution < -0.4 is 9.80 Å². The number of piperazine rings is 1. The van der Waals surface area contributed by atoms with Crippen LogP contribution in [-0.4, -0.2) is 67.3 Å². The van der Waals surface area contributed by atoms with E-state index in [1.165, 1.54) is 16.8 Å². The highest BCUT2D eigenvalue weighted by atomic mass is 16.1. The largest absolute Gasteiger partial charge is 0.369 e. The van der Waals surface area contributed by atoms with E-state index in [2.05, 4.69) is 67.5 Å². The van der Waals surface area contributed by atoms with Gasteiger partial charge in [0.25, 0.3) is 0 Å². The van der Waals surface area contributed by atoms with E-state index < -0.39 is 0 Å². The molecule has 1 saturated heterocycles. The maximum absolute atomic E-state index is 14.1. The first kappa shape index (κ1) is 28.4. The molecule has 220 valence electrons. The minimum Gasteiger partial charge on any atom is -0.369 e. The summed E-state index contributed by atoms with van der Waals surface area (Å²) in [6.45, 7) is 17.5. The van der Waals surface area contributed by atoms with Gasteiger partial charge in [0.1, 0.15) is 0 Å². The number of ketones is 2. The van der Waals surface area contributed by atoms with E-state index in [1.54, 1.807) is 6.08 Å². The van der Waals surface area contributed by atoms with Crippen molar-refractivity contribution in [3.63, 3.8) is 0 Å². The van der Waals surface area contributed by atoms with Crippen LogP contribution in [0.4, 0.5) is 11.5 Å². The summed E-state index contributed by atoms with van der Waals surface area (Å²) in [6, 6.07) is 4.21. The Labute approximate surface area is 246 Å². The molecule has 0 aromatic carbocycles. The summed E-state index contributed by atoms with van der Waals surface area (Å²) < 4.78 is 0. The fraction of sp³-hybridized carbons (Fsp3) is 0.629. The van der Waals surface area contributed by atoms with Gasteiger partial charge < -0.3 is 9.80 Å². The Balaban J connectivity index is 1.14. The van der Waals surface area contributed by atoms with Crippen molar-refractivity contribution in [1.29, 1.82) is 0 Å². The number of nitrogens with zero attached hydrogens (tertiary/aromatic N) is 4. The number of carbonyl (C=O) groups is 2. The zero-order valence-corrected chi connectivity index (χ0v) is 25.7. The van der Waals surface area contributed by atoms with Gasteiger partial charge in [-0.3, -0.25) is 14.5 Å². The van der Waals surface area contributed by atoms with Gasteiger partial charge in [0.15, 0.2) is 17.4 Å². The molecule has 1 unspecified atom stereocenters. The molecule has 4 aliphatic carbocycles. The van der Waals surface area contributed by atoms with Gasteiger partial charge in [0.2, 0.25) is 0 Å². The summed E-state index contributed by atoms with van der Waals surface area (Å²) in [7, 11) is 0. The number of hydrogen-bond donors (Lipinski definition) is 0. The van der Waals surface area contributed by atoms with Gasteiger partial charge in [-0.2, -0.15) is 0 Å². The molecule has 0 N–H and O–H groups in total. The summed E-state index contributed by atoms with van der Waals surface area (Å²) in [5, 5.41) is 0. The molecule has 2 saturated carbocycles. The average molecular weight is 557 g/mol. The Bertz CT molecular complexity index is 1290. The maximum atomic E-state index is 14.1. The number of rotatable bonds is 7. The number of Topliss-reactive ketones (excluding diaryl/α,β-unsaturated/α-hetero) is 1. The third kappa shape index (κ3) is 4.70. The first-order valence-corrected chi connectivity index (χ1v) is 16.0. The molecular weight excluding hydrogens is 508 g/mol. The van der Waals surface area contributed by atoms with E-state index in [-0.39, 0.29) is 22.5 Å². The summed E-state index contributed by atoms with van der Waals surface area (Å²) in [4.78, 5) is 38.1. The number of allylic oxidation sites excluding steroid dienone is 6. The Morgan fingerprint density at radius 1 is 1.15 bits per heavy atom. The number of pyridine rings is 1. The Morgan fingerprint density at radius 3 is 2.63 bits per heavy atom. The highest BCUT2D eigenvalue weighted by Gasteiger charge is 2.59. The molecule has 6 atom stereocenters. The lowest BCUT2D eigenvalue weighted by molar-refractivity contribution is -0.129. The fourth-order valence-corrected chi connectivity index (χ4v) is 9.46. The zero-order chi connectivity index (χ0) is 28.9. The van der Waals surface area contributed by atoms with Crippen LogP contribution in [0.15, 0.2) is 53.8 Å². The van der Waals surface area contributed by atoms with Gasteiger partial charge in [-0.25, -0.2) is 4.98 Å².